The van der Waals surface area contributed by atoms with E-state index in [0.29, 0.717) is 5.69 Å². The molecule has 0 aromatic heterocycles. The third-order valence-electron chi connectivity index (χ3n) is 2.53. The van der Waals surface area contributed by atoms with Gasteiger partial charge in [0.25, 0.3) is 0 Å². The quantitative estimate of drug-likeness (QED) is 0.871. The van der Waals surface area contributed by atoms with Crippen molar-refractivity contribution in [1.29, 1.82) is 5.26 Å². The lowest BCUT2D eigenvalue weighted by atomic mass is 10.1. The van der Waals surface area contributed by atoms with Gasteiger partial charge in [-0.2, -0.15) is 5.26 Å². The van der Waals surface area contributed by atoms with Crippen molar-refractivity contribution in [1.82, 2.24) is 0 Å². The molecule has 2 amide bonds. The second-order valence-electron chi connectivity index (χ2n) is 4.56. The predicted molar refractivity (Wildman–Crippen MR) is 73.5 cm³/mol. The maximum absolute atomic E-state index is 11.6. The molecule has 1 aromatic carbocycles. The molecule has 0 aliphatic carbocycles. The van der Waals surface area contributed by atoms with Crippen LogP contribution in [-0.2, 0) is 9.59 Å². The van der Waals surface area contributed by atoms with E-state index in [1.807, 2.05) is 20.8 Å². The fraction of sp³-hybridized carbons (Fsp3) is 0.357. The van der Waals surface area contributed by atoms with Crippen LogP contribution in [0.15, 0.2) is 18.2 Å². The van der Waals surface area contributed by atoms with E-state index in [-0.39, 0.29) is 24.2 Å². The van der Waals surface area contributed by atoms with Gasteiger partial charge in [0.2, 0.25) is 11.8 Å². The Balaban J connectivity index is 2.78. The fourth-order valence-electron chi connectivity index (χ4n) is 1.44. The molecule has 1 rings (SSSR count). The number of rotatable bonds is 4. The zero-order valence-corrected chi connectivity index (χ0v) is 11.3. The van der Waals surface area contributed by atoms with Crippen molar-refractivity contribution in [2.24, 2.45) is 5.92 Å². The van der Waals surface area contributed by atoms with Gasteiger partial charge in [-0.05, 0) is 30.7 Å². The van der Waals surface area contributed by atoms with Crippen LogP contribution in [0.1, 0.15) is 25.8 Å². The topological polar surface area (TPSA) is 82.0 Å². The first kappa shape index (κ1) is 14.7. The summed E-state index contributed by atoms with van der Waals surface area (Å²) in [6.07, 6.45) is -0.176. The Morgan fingerprint density at radius 3 is 2.53 bits per heavy atom. The molecule has 0 spiro atoms. The highest BCUT2D eigenvalue weighted by atomic mass is 16.2. The zero-order chi connectivity index (χ0) is 14.4. The van der Waals surface area contributed by atoms with Crippen molar-refractivity contribution < 1.29 is 9.59 Å². The van der Waals surface area contributed by atoms with Gasteiger partial charge in [-0.15, -0.1) is 0 Å². The number of aryl methyl sites for hydroxylation is 1. The lowest BCUT2D eigenvalue weighted by Crippen LogP contribution is -2.18. The minimum atomic E-state index is -0.346. The molecule has 0 bridgehead atoms. The summed E-state index contributed by atoms with van der Waals surface area (Å²) in [6, 6.07) is 6.96. The van der Waals surface area contributed by atoms with Crippen molar-refractivity contribution in [3.8, 4) is 6.07 Å². The molecule has 5 nitrogen and oxygen atoms in total. The summed E-state index contributed by atoms with van der Waals surface area (Å²) in [7, 11) is 0. The molecule has 0 unspecified atom stereocenters. The molecule has 19 heavy (non-hydrogen) atoms. The molecule has 0 atom stereocenters. The first-order chi connectivity index (χ1) is 8.93. The van der Waals surface area contributed by atoms with Crippen molar-refractivity contribution in [2.75, 3.05) is 10.6 Å². The van der Waals surface area contributed by atoms with E-state index in [0.717, 1.165) is 11.3 Å². The lowest BCUT2D eigenvalue weighted by molar-refractivity contribution is -0.119. The smallest absolute Gasteiger partial charge is 0.238 e. The van der Waals surface area contributed by atoms with Gasteiger partial charge in [-0.25, -0.2) is 0 Å². The first-order valence-corrected chi connectivity index (χ1v) is 6.02. The Kier molecular flexibility index (Phi) is 5.07. The standard InChI is InChI=1S/C14H17N3O2/c1-9(2)14(19)17-12-5-4-11(8-10(12)3)16-13(18)6-7-15/h4-5,8-9H,6H2,1-3H3,(H,16,18)(H,17,19). The monoisotopic (exact) mass is 259 g/mol. The van der Waals surface area contributed by atoms with Crippen molar-refractivity contribution >= 4 is 23.2 Å². The van der Waals surface area contributed by atoms with Gasteiger partial charge >= 0.3 is 0 Å². The highest BCUT2D eigenvalue weighted by Gasteiger charge is 2.09. The van der Waals surface area contributed by atoms with Crippen LogP contribution in [0.4, 0.5) is 11.4 Å². The van der Waals surface area contributed by atoms with Gasteiger partial charge in [-0.3, -0.25) is 9.59 Å². The van der Waals surface area contributed by atoms with Crippen LogP contribution in [0.2, 0.25) is 0 Å². The summed E-state index contributed by atoms with van der Waals surface area (Å²) in [4.78, 5) is 22.9. The van der Waals surface area contributed by atoms with E-state index in [9.17, 15) is 9.59 Å². The van der Waals surface area contributed by atoms with Crippen molar-refractivity contribution in [2.45, 2.75) is 27.2 Å². The minimum Gasteiger partial charge on any atom is -0.326 e. The molecule has 5 heteroatoms. The summed E-state index contributed by atoms with van der Waals surface area (Å²) in [5.41, 5.74) is 2.18. The SMILES string of the molecule is Cc1cc(NC(=O)CC#N)ccc1NC(=O)C(C)C. The van der Waals surface area contributed by atoms with E-state index >= 15 is 0 Å². The predicted octanol–water partition coefficient (Wildman–Crippen LogP) is 2.44. The maximum Gasteiger partial charge on any atom is 0.238 e. The molecule has 0 aliphatic rings. The average Bonchev–Trinajstić information content (AvgIpc) is 2.32. The first-order valence-electron chi connectivity index (χ1n) is 6.02. The van der Waals surface area contributed by atoms with Gasteiger partial charge in [0.05, 0.1) is 6.07 Å². The molecule has 0 aliphatic heterocycles. The van der Waals surface area contributed by atoms with Gasteiger partial charge < -0.3 is 10.6 Å². The number of amides is 2. The van der Waals surface area contributed by atoms with Crippen LogP contribution < -0.4 is 10.6 Å². The Morgan fingerprint density at radius 1 is 1.32 bits per heavy atom. The second-order valence-corrected chi connectivity index (χ2v) is 4.56. The van der Waals surface area contributed by atoms with Crippen LogP contribution in [0, 0.1) is 24.2 Å². The minimum absolute atomic E-state index is 0.0515. The normalized spacial score (nSPS) is 9.84. The molecular formula is C14H17N3O2. The number of hydrogen-bond donors (Lipinski definition) is 2. The largest absolute Gasteiger partial charge is 0.326 e. The molecule has 0 saturated heterocycles. The molecule has 1 aromatic rings. The Morgan fingerprint density at radius 2 is 2.00 bits per heavy atom. The van der Waals surface area contributed by atoms with Gasteiger partial charge in [0.15, 0.2) is 0 Å². The number of benzene rings is 1. The van der Waals surface area contributed by atoms with Crippen LogP contribution in [0.5, 0.6) is 0 Å². The third-order valence-corrected chi connectivity index (χ3v) is 2.53. The molecule has 100 valence electrons. The van der Waals surface area contributed by atoms with Crippen LogP contribution >= 0.6 is 0 Å². The summed E-state index contributed by atoms with van der Waals surface area (Å²) in [6.45, 7) is 5.48. The number of nitrogens with zero attached hydrogens (tertiary/aromatic N) is 1. The molecule has 0 radical (unpaired) electrons. The van der Waals surface area contributed by atoms with Gasteiger partial charge in [0, 0.05) is 17.3 Å². The zero-order valence-electron chi connectivity index (χ0n) is 11.3. The average molecular weight is 259 g/mol. The number of nitrogens with one attached hydrogen (secondary N) is 2. The fourth-order valence-corrected chi connectivity index (χ4v) is 1.44. The third kappa shape index (κ3) is 4.43. The highest BCUT2D eigenvalue weighted by Crippen LogP contribution is 2.20. The van der Waals surface area contributed by atoms with Crippen LogP contribution in [0.3, 0.4) is 0 Å². The number of nitriles is 1. The number of anilines is 2. The van der Waals surface area contributed by atoms with Crippen LogP contribution in [-0.4, -0.2) is 11.8 Å². The number of carbonyl (C=O) groups excluding carboxylic acids is 2. The van der Waals surface area contributed by atoms with Gasteiger partial charge in [-0.1, -0.05) is 13.8 Å². The van der Waals surface area contributed by atoms with E-state index in [1.165, 1.54) is 0 Å². The second kappa shape index (κ2) is 6.55. The van der Waals surface area contributed by atoms with E-state index < -0.39 is 0 Å². The van der Waals surface area contributed by atoms with E-state index in [1.54, 1.807) is 24.3 Å². The number of carbonyl (C=O) groups is 2. The van der Waals surface area contributed by atoms with Crippen molar-refractivity contribution in [3.63, 3.8) is 0 Å². The molecular weight excluding hydrogens is 242 g/mol. The van der Waals surface area contributed by atoms with Gasteiger partial charge in [0.1, 0.15) is 6.42 Å². The summed E-state index contributed by atoms with van der Waals surface area (Å²) in [5.74, 6) is -0.486. The maximum atomic E-state index is 11.6. The summed E-state index contributed by atoms with van der Waals surface area (Å²) < 4.78 is 0. The van der Waals surface area contributed by atoms with Crippen molar-refractivity contribution in [3.05, 3.63) is 23.8 Å². The highest BCUT2D eigenvalue weighted by molar-refractivity contribution is 5.94. The Labute approximate surface area is 112 Å². The number of hydrogen-bond acceptors (Lipinski definition) is 3. The molecule has 0 heterocycles. The molecule has 0 fully saturated rings. The lowest BCUT2D eigenvalue weighted by Gasteiger charge is -2.12. The summed E-state index contributed by atoms with van der Waals surface area (Å²) in [5, 5.41) is 13.8. The summed E-state index contributed by atoms with van der Waals surface area (Å²) >= 11 is 0. The van der Waals surface area contributed by atoms with E-state index in [4.69, 9.17) is 5.26 Å². The van der Waals surface area contributed by atoms with E-state index in [2.05, 4.69) is 10.6 Å². The molecule has 2 N–H and O–H groups in total. The molecule has 0 saturated carbocycles. The Bertz CT molecular complexity index is 530. The van der Waals surface area contributed by atoms with Crippen LogP contribution in [0.25, 0.3) is 0 Å². The Hall–Kier alpha value is -2.35.